The van der Waals surface area contributed by atoms with Gasteiger partial charge in [-0.05, 0) is 73.0 Å². The van der Waals surface area contributed by atoms with Gasteiger partial charge >= 0.3 is 0 Å². The number of aryl methyl sites for hydroxylation is 2. The summed E-state index contributed by atoms with van der Waals surface area (Å²) in [4.78, 5) is 24.7. The van der Waals surface area contributed by atoms with Crippen LogP contribution >= 0.6 is 11.8 Å². The SMILES string of the molecule is Cc1ccc(Sc2ccc(NC(=O)/C=C/c3cccc([N+](=O)[O-])c3)cc2)cc1C. The lowest BCUT2D eigenvalue weighted by molar-refractivity contribution is -0.384. The van der Waals surface area contributed by atoms with E-state index in [0.717, 1.165) is 4.90 Å². The van der Waals surface area contributed by atoms with Crippen molar-refractivity contribution in [2.24, 2.45) is 0 Å². The number of benzene rings is 3. The molecule has 0 saturated heterocycles. The smallest absolute Gasteiger partial charge is 0.270 e. The lowest BCUT2D eigenvalue weighted by Gasteiger charge is -2.07. The van der Waals surface area contributed by atoms with E-state index in [4.69, 9.17) is 0 Å². The van der Waals surface area contributed by atoms with Gasteiger partial charge in [0.2, 0.25) is 5.91 Å². The zero-order chi connectivity index (χ0) is 20.8. The molecule has 0 aliphatic carbocycles. The molecule has 3 rings (SSSR count). The Bertz CT molecular complexity index is 1080. The topological polar surface area (TPSA) is 72.2 Å². The molecule has 5 nitrogen and oxygen atoms in total. The number of rotatable bonds is 6. The zero-order valence-corrected chi connectivity index (χ0v) is 16.9. The van der Waals surface area contributed by atoms with Crippen LogP contribution < -0.4 is 5.32 Å². The number of anilines is 1. The minimum atomic E-state index is -0.463. The summed E-state index contributed by atoms with van der Waals surface area (Å²) >= 11 is 1.67. The molecule has 0 unspecified atom stereocenters. The first-order valence-electron chi connectivity index (χ1n) is 8.99. The van der Waals surface area contributed by atoms with Crippen molar-refractivity contribution in [3.63, 3.8) is 0 Å². The number of carbonyl (C=O) groups excluding carboxylic acids is 1. The summed E-state index contributed by atoms with van der Waals surface area (Å²) in [6, 6.07) is 20.1. The van der Waals surface area contributed by atoms with Gasteiger partial charge in [-0.2, -0.15) is 0 Å². The number of amides is 1. The fraction of sp³-hybridized carbons (Fsp3) is 0.0870. The molecule has 0 saturated carbocycles. The van der Waals surface area contributed by atoms with Gasteiger partial charge in [-0.3, -0.25) is 14.9 Å². The van der Waals surface area contributed by atoms with Crippen LogP contribution in [0.15, 0.2) is 82.6 Å². The maximum Gasteiger partial charge on any atom is 0.270 e. The normalized spacial score (nSPS) is 10.8. The Morgan fingerprint density at radius 2 is 1.69 bits per heavy atom. The van der Waals surface area contributed by atoms with Crippen LogP contribution in [0.4, 0.5) is 11.4 Å². The summed E-state index contributed by atoms with van der Waals surface area (Å²) in [6.07, 6.45) is 2.91. The number of hydrogen-bond acceptors (Lipinski definition) is 4. The fourth-order valence-electron chi connectivity index (χ4n) is 2.62. The third kappa shape index (κ3) is 5.80. The lowest BCUT2D eigenvalue weighted by Crippen LogP contribution is -2.07. The van der Waals surface area contributed by atoms with Crippen molar-refractivity contribution in [1.82, 2.24) is 0 Å². The van der Waals surface area contributed by atoms with Crippen molar-refractivity contribution in [3.8, 4) is 0 Å². The average molecular weight is 404 g/mol. The van der Waals surface area contributed by atoms with E-state index in [1.54, 1.807) is 30.0 Å². The maximum atomic E-state index is 12.1. The van der Waals surface area contributed by atoms with Crippen LogP contribution in [0.25, 0.3) is 6.08 Å². The molecule has 0 bridgehead atoms. The number of carbonyl (C=O) groups is 1. The first-order valence-corrected chi connectivity index (χ1v) is 9.81. The molecule has 0 heterocycles. The largest absolute Gasteiger partial charge is 0.323 e. The molecule has 0 spiro atoms. The zero-order valence-electron chi connectivity index (χ0n) is 16.1. The van der Waals surface area contributed by atoms with E-state index in [0.29, 0.717) is 11.3 Å². The van der Waals surface area contributed by atoms with Crippen molar-refractivity contribution in [1.29, 1.82) is 0 Å². The molecule has 29 heavy (non-hydrogen) atoms. The Hall–Kier alpha value is -3.38. The Morgan fingerprint density at radius 1 is 0.966 bits per heavy atom. The monoisotopic (exact) mass is 404 g/mol. The second kappa shape index (κ2) is 9.21. The van der Waals surface area contributed by atoms with Crippen molar-refractivity contribution in [2.45, 2.75) is 23.6 Å². The number of hydrogen-bond donors (Lipinski definition) is 1. The molecule has 0 aliphatic heterocycles. The van der Waals surface area contributed by atoms with Crippen molar-refractivity contribution < 1.29 is 9.72 Å². The van der Waals surface area contributed by atoms with Crippen LogP contribution in [0.3, 0.4) is 0 Å². The minimum absolute atomic E-state index is 0.00980. The molecule has 0 radical (unpaired) electrons. The Morgan fingerprint density at radius 3 is 2.38 bits per heavy atom. The van der Waals surface area contributed by atoms with Crippen LogP contribution in [0, 0.1) is 24.0 Å². The second-order valence-electron chi connectivity index (χ2n) is 6.55. The fourth-order valence-corrected chi connectivity index (χ4v) is 3.53. The second-order valence-corrected chi connectivity index (χ2v) is 7.69. The number of non-ortho nitro benzene ring substituents is 1. The van der Waals surface area contributed by atoms with Gasteiger partial charge in [-0.1, -0.05) is 30.0 Å². The molecule has 0 atom stereocenters. The standard InChI is InChI=1S/C23H20N2O3S/c1-16-6-10-22(14-17(16)2)29-21-11-8-19(9-12-21)24-23(26)13-7-18-4-3-5-20(15-18)25(27)28/h3-15H,1-2H3,(H,24,26)/b13-7+. The molecule has 0 fully saturated rings. The van der Waals surface area contributed by atoms with Gasteiger partial charge in [0.15, 0.2) is 0 Å². The third-order valence-corrected chi connectivity index (χ3v) is 5.34. The van der Waals surface area contributed by atoms with Gasteiger partial charge in [-0.15, -0.1) is 0 Å². The number of nitro benzene ring substituents is 1. The van der Waals surface area contributed by atoms with Crippen LogP contribution in [0.2, 0.25) is 0 Å². The lowest BCUT2D eigenvalue weighted by atomic mass is 10.1. The number of nitrogens with one attached hydrogen (secondary N) is 1. The molecule has 6 heteroatoms. The first kappa shape index (κ1) is 20.4. The molecule has 1 amide bonds. The summed E-state index contributed by atoms with van der Waals surface area (Å²) in [5.74, 6) is -0.300. The van der Waals surface area contributed by atoms with Crippen LogP contribution in [-0.4, -0.2) is 10.8 Å². The van der Waals surface area contributed by atoms with Gasteiger partial charge in [0, 0.05) is 33.7 Å². The third-order valence-electron chi connectivity index (χ3n) is 4.34. The maximum absolute atomic E-state index is 12.1. The first-order chi connectivity index (χ1) is 13.9. The average Bonchev–Trinajstić information content (AvgIpc) is 2.71. The van der Waals surface area contributed by atoms with E-state index in [2.05, 4.69) is 37.4 Å². The van der Waals surface area contributed by atoms with E-state index in [-0.39, 0.29) is 11.6 Å². The van der Waals surface area contributed by atoms with Gasteiger partial charge in [-0.25, -0.2) is 0 Å². The van der Waals surface area contributed by atoms with Gasteiger partial charge in [0.25, 0.3) is 5.69 Å². The molecule has 0 aromatic heterocycles. The molecular formula is C23H20N2O3S. The predicted octanol–water partition coefficient (Wildman–Crippen LogP) is 6.01. The summed E-state index contributed by atoms with van der Waals surface area (Å²) in [7, 11) is 0. The predicted molar refractivity (Wildman–Crippen MR) is 117 cm³/mol. The van der Waals surface area contributed by atoms with E-state index >= 15 is 0 Å². The van der Waals surface area contributed by atoms with E-state index in [9.17, 15) is 14.9 Å². The Labute approximate surface area is 173 Å². The molecule has 3 aromatic rings. The molecule has 3 aromatic carbocycles. The summed E-state index contributed by atoms with van der Waals surface area (Å²) in [5, 5.41) is 13.6. The van der Waals surface area contributed by atoms with Gasteiger partial charge in [0.05, 0.1) is 4.92 Å². The highest BCUT2D eigenvalue weighted by Crippen LogP contribution is 2.29. The molecular weight excluding hydrogens is 384 g/mol. The van der Waals surface area contributed by atoms with E-state index in [1.165, 1.54) is 34.2 Å². The summed E-state index contributed by atoms with van der Waals surface area (Å²) in [6.45, 7) is 4.19. The van der Waals surface area contributed by atoms with Crippen LogP contribution in [-0.2, 0) is 4.79 Å². The quantitative estimate of drug-likeness (QED) is 0.310. The number of nitrogens with zero attached hydrogens (tertiary/aromatic N) is 1. The van der Waals surface area contributed by atoms with Crippen LogP contribution in [0.1, 0.15) is 16.7 Å². The number of nitro groups is 1. The molecule has 146 valence electrons. The highest BCUT2D eigenvalue weighted by molar-refractivity contribution is 7.99. The summed E-state index contributed by atoms with van der Waals surface area (Å²) < 4.78 is 0. The van der Waals surface area contributed by atoms with Crippen LogP contribution in [0.5, 0.6) is 0 Å². The Kier molecular flexibility index (Phi) is 6.46. The van der Waals surface area contributed by atoms with Crippen molar-refractivity contribution in [3.05, 3.63) is 99.6 Å². The van der Waals surface area contributed by atoms with E-state index < -0.39 is 4.92 Å². The highest BCUT2D eigenvalue weighted by Gasteiger charge is 2.05. The van der Waals surface area contributed by atoms with Crippen molar-refractivity contribution in [2.75, 3.05) is 5.32 Å². The van der Waals surface area contributed by atoms with Gasteiger partial charge < -0.3 is 5.32 Å². The highest BCUT2D eigenvalue weighted by atomic mass is 32.2. The van der Waals surface area contributed by atoms with Crippen molar-refractivity contribution >= 4 is 35.1 Å². The van der Waals surface area contributed by atoms with E-state index in [1.807, 2.05) is 24.3 Å². The minimum Gasteiger partial charge on any atom is -0.323 e. The Balaban J connectivity index is 1.60. The van der Waals surface area contributed by atoms with Gasteiger partial charge in [0.1, 0.15) is 0 Å². The molecule has 1 N–H and O–H groups in total. The molecule has 0 aliphatic rings. The summed E-state index contributed by atoms with van der Waals surface area (Å²) in [5.41, 5.74) is 3.79.